The van der Waals surface area contributed by atoms with Crippen LogP contribution in [0.2, 0.25) is 0 Å². The summed E-state index contributed by atoms with van der Waals surface area (Å²) in [5.41, 5.74) is 3.64. The van der Waals surface area contributed by atoms with Crippen LogP contribution in [0.1, 0.15) is 0 Å². The Morgan fingerprint density at radius 2 is 1.31 bits per heavy atom. The lowest BCUT2D eigenvalue weighted by Gasteiger charge is -2.15. The second kappa shape index (κ2) is 7.06. The van der Waals surface area contributed by atoms with E-state index in [0.717, 1.165) is 28.6 Å². The van der Waals surface area contributed by atoms with E-state index in [2.05, 4.69) is 17.4 Å². The number of anilines is 2. The van der Waals surface area contributed by atoms with Crippen LogP contribution in [0.5, 0.6) is 0 Å². The number of carbonyl (C=O) groups is 2. The number of carbonyl (C=O) groups excluding carboxylic acids is 2. The zero-order valence-electron chi connectivity index (χ0n) is 13.8. The van der Waals surface area contributed by atoms with Crippen LogP contribution in [-0.4, -0.2) is 16.5 Å². The summed E-state index contributed by atoms with van der Waals surface area (Å²) in [6.07, 6.45) is 0. The Morgan fingerprint density at radius 3 is 1.96 bits per heavy atom. The van der Waals surface area contributed by atoms with Crippen LogP contribution in [0, 0.1) is 0 Å². The maximum Gasteiger partial charge on any atom is 0.295 e. The lowest BCUT2D eigenvalue weighted by Crippen LogP contribution is -2.34. The van der Waals surface area contributed by atoms with Gasteiger partial charge in [0.2, 0.25) is 0 Å². The first kappa shape index (κ1) is 16.4. The zero-order chi connectivity index (χ0) is 17.9. The molecule has 4 nitrogen and oxygen atoms in total. The van der Waals surface area contributed by atoms with Crippen LogP contribution in [0.3, 0.4) is 0 Å². The fourth-order valence-corrected chi connectivity index (χ4v) is 3.76. The summed E-state index contributed by atoms with van der Waals surface area (Å²) in [5.74, 6) is -0.252. The normalized spacial score (nSPS) is 16.8. The van der Waals surface area contributed by atoms with Gasteiger partial charge in [-0.15, -0.1) is 0 Å². The van der Waals surface area contributed by atoms with Crippen molar-refractivity contribution in [2.75, 3.05) is 10.2 Å². The number of para-hydroxylation sites is 1. The quantitative estimate of drug-likeness (QED) is 0.712. The molecule has 128 valence electrons. The predicted octanol–water partition coefficient (Wildman–Crippen LogP) is 4.99. The van der Waals surface area contributed by atoms with Crippen molar-refractivity contribution in [2.24, 2.45) is 0 Å². The van der Waals surface area contributed by atoms with Gasteiger partial charge < -0.3 is 5.32 Å². The van der Waals surface area contributed by atoms with Gasteiger partial charge in [-0.1, -0.05) is 60.7 Å². The largest absolute Gasteiger partial charge is 0.365 e. The minimum Gasteiger partial charge on any atom is -0.365 e. The Bertz CT molecular complexity index is 927. The zero-order valence-corrected chi connectivity index (χ0v) is 14.6. The molecular formula is C21H16N2O2S. The number of hydrogen-bond acceptors (Lipinski definition) is 4. The van der Waals surface area contributed by atoms with E-state index in [1.54, 1.807) is 12.1 Å². The van der Waals surface area contributed by atoms with Gasteiger partial charge >= 0.3 is 0 Å². The average molecular weight is 360 g/mol. The molecule has 0 spiro atoms. The lowest BCUT2D eigenvalue weighted by atomic mass is 10.1. The molecule has 0 radical (unpaired) electrons. The highest BCUT2D eigenvalue weighted by Crippen LogP contribution is 2.32. The number of thioether (sulfide) groups is 1. The number of rotatable bonds is 4. The number of amides is 2. The standard InChI is InChI=1S/C21H16N2O2S/c24-20-19(26-21(25)23(20)18-9-5-2-6-10-18)22-17-13-11-16(12-14-17)15-7-3-1-4-8-15/h1-14,19,22H/t19-/m0/s1. The van der Waals surface area contributed by atoms with Crippen LogP contribution in [0.25, 0.3) is 11.1 Å². The maximum absolute atomic E-state index is 12.6. The van der Waals surface area contributed by atoms with Crippen molar-refractivity contribution in [1.29, 1.82) is 0 Å². The highest BCUT2D eigenvalue weighted by Gasteiger charge is 2.40. The monoisotopic (exact) mass is 360 g/mol. The molecule has 1 aliphatic rings. The molecule has 4 rings (SSSR count). The minimum atomic E-state index is -0.620. The van der Waals surface area contributed by atoms with Gasteiger partial charge in [0.15, 0.2) is 5.37 Å². The molecule has 3 aromatic carbocycles. The van der Waals surface area contributed by atoms with Crippen molar-refractivity contribution in [3.8, 4) is 11.1 Å². The van der Waals surface area contributed by atoms with Crippen molar-refractivity contribution in [2.45, 2.75) is 5.37 Å². The first-order chi connectivity index (χ1) is 12.7. The van der Waals surface area contributed by atoms with E-state index in [4.69, 9.17) is 0 Å². The van der Waals surface area contributed by atoms with E-state index in [9.17, 15) is 9.59 Å². The first-order valence-corrected chi connectivity index (χ1v) is 9.12. The second-order valence-corrected chi connectivity index (χ2v) is 6.92. The van der Waals surface area contributed by atoms with Gasteiger partial charge in [0, 0.05) is 5.69 Å². The Morgan fingerprint density at radius 1 is 0.731 bits per heavy atom. The van der Waals surface area contributed by atoms with Crippen LogP contribution in [0.15, 0.2) is 84.9 Å². The Balaban J connectivity index is 1.49. The summed E-state index contributed by atoms with van der Waals surface area (Å²) < 4.78 is 0. The molecule has 1 heterocycles. The Labute approximate surface area is 155 Å². The number of hydrogen-bond donors (Lipinski definition) is 1. The van der Waals surface area contributed by atoms with Gasteiger partial charge in [0.05, 0.1) is 5.69 Å². The molecule has 1 fully saturated rings. The average Bonchev–Trinajstić information content (AvgIpc) is 2.97. The molecule has 26 heavy (non-hydrogen) atoms. The number of benzene rings is 3. The number of imide groups is 1. The molecule has 0 bridgehead atoms. The molecule has 5 heteroatoms. The third-order valence-corrected chi connectivity index (χ3v) is 5.09. The van der Waals surface area contributed by atoms with Crippen molar-refractivity contribution in [1.82, 2.24) is 0 Å². The highest BCUT2D eigenvalue weighted by atomic mass is 32.2. The molecule has 1 N–H and O–H groups in total. The summed E-state index contributed by atoms with van der Waals surface area (Å²) in [5, 5.41) is 2.27. The van der Waals surface area contributed by atoms with Gasteiger partial charge in [-0.05, 0) is 47.2 Å². The van der Waals surface area contributed by atoms with Gasteiger partial charge in [-0.3, -0.25) is 9.59 Å². The van der Waals surface area contributed by atoms with Gasteiger partial charge in [0.1, 0.15) is 0 Å². The van der Waals surface area contributed by atoms with Crippen LogP contribution < -0.4 is 10.2 Å². The van der Waals surface area contributed by atoms with E-state index in [0.29, 0.717) is 5.69 Å². The van der Waals surface area contributed by atoms with Crippen molar-refractivity contribution >= 4 is 34.3 Å². The Kier molecular flexibility index (Phi) is 4.46. The van der Waals surface area contributed by atoms with Crippen LogP contribution in [-0.2, 0) is 4.79 Å². The summed E-state index contributed by atoms with van der Waals surface area (Å²) in [6, 6.07) is 26.9. The minimum absolute atomic E-state index is 0.252. The van der Waals surface area contributed by atoms with E-state index < -0.39 is 5.37 Å². The lowest BCUT2D eigenvalue weighted by molar-refractivity contribution is -0.116. The Hall–Kier alpha value is -3.05. The van der Waals surface area contributed by atoms with Crippen molar-refractivity contribution < 1.29 is 9.59 Å². The smallest absolute Gasteiger partial charge is 0.295 e. The topological polar surface area (TPSA) is 49.4 Å². The summed E-state index contributed by atoms with van der Waals surface area (Å²) in [7, 11) is 0. The fraction of sp³-hybridized carbons (Fsp3) is 0.0476. The first-order valence-electron chi connectivity index (χ1n) is 8.24. The van der Waals surface area contributed by atoms with Gasteiger partial charge in [-0.25, -0.2) is 4.90 Å². The molecule has 0 aromatic heterocycles. The van der Waals surface area contributed by atoms with Gasteiger partial charge in [0.25, 0.3) is 11.1 Å². The van der Waals surface area contributed by atoms with Crippen molar-refractivity contribution in [3.05, 3.63) is 84.9 Å². The fourth-order valence-electron chi connectivity index (χ4n) is 2.85. The predicted molar refractivity (Wildman–Crippen MR) is 106 cm³/mol. The van der Waals surface area contributed by atoms with Crippen molar-refractivity contribution in [3.63, 3.8) is 0 Å². The maximum atomic E-state index is 12.6. The molecule has 0 aliphatic carbocycles. The van der Waals surface area contributed by atoms with E-state index in [-0.39, 0.29) is 11.1 Å². The number of nitrogens with zero attached hydrogens (tertiary/aromatic N) is 1. The van der Waals surface area contributed by atoms with E-state index in [1.807, 2.05) is 60.7 Å². The second-order valence-electron chi connectivity index (χ2n) is 5.86. The van der Waals surface area contributed by atoms with E-state index in [1.165, 1.54) is 4.90 Å². The highest BCUT2D eigenvalue weighted by molar-refractivity contribution is 8.16. The third kappa shape index (κ3) is 3.21. The molecular weight excluding hydrogens is 344 g/mol. The molecule has 2 amide bonds. The third-order valence-electron chi connectivity index (χ3n) is 4.15. The van der Waals surface area contributed by atoms with E-state index >= 15 is 0 Å². The number of nitrogens with one attached hydrogen (secondary N) is 1. The molecule has 0 unspecified atom stereocenters. The summed E-state index contributed by atoms with van der Waals surface area (Å²) in [6.45, 7) is 0. The van der Waals surface area contributed by atoms with Crippen LogP contribution >= 0.6 is 11.8 Å². The van der Waals surface area contributed by atoms with Gasteiger partial charge in [-0.2, -0.15) is 0 Å². The molecule has 1 aliphatic heterocycles. The summed E-state index contributed by atoms with van der Waals surface area (Å²) in [4.78, 5) is 26.1. The molecule has 0 saturated carbocycles. The van der Waals surface area contributed by atoms with Crippen LogP contribution in [0.4, 0.5) is 16.2 Å². The summed E-state index contributed by atoms with van der Waals surface area (Å²) >= 11 is 0.998. The molecule has 1 atom stereocenters. The molecule has 3 aromatic rings. The SMILES string of the molecule is O=C1S[C@H](Nc2ccc(-c3ccccc3)cc2)C(=O)N1c1ccccc1. The molecule has 1 saturated heterocycles.